The van der Waals surface area contributed by atoms with Crippen LogP contribution in [0.1, 0.15) is 65.7 Å². The molecule has 0 spiro atoms. The van der Waals surface area contributed by atoms with E-state index in [1.165, 1.54) is 51.8 Å². The molecule has 1 fully saturated rings. The van der Waals surface area contributed by atoms with Gasteiger partial charge in [0.05, 0.1) is 0 Å². The third kappa shape index (κ3) is 5.17. The van der Waals surface area contributed by atoms with Crippen molar-refractivity contribution < 1.29 is 14.3 Å². The molecule has 1 atom stereocenters. The molecule has 0 bridgehead atoms. The van der Waals surface area contributed by atoms with Crippen molar-refractivity contribution in [2.45, 2.75) is 84.6 Å². The monoisotopic (exact) mass is 525 g/mol. The molecule has 0 saturated carbocycles. The van der Waals surface area contributed by atoms with E-state index >= 15 is 0 Å². The molecule has 0 aromatic rings. The molecular formula is C25H43NO3Sn. The fourth-order valence-corrected chi connectivity index (χ4v) is 19.5. The van der Waals surface area contributed by atoms with Crippen LogP contribution in [-0.4, -0.2) is 62.4 Å². The molecule has 2 aliphatic rings. The standard InChI is InChI=1S/C13H16NO3.3C4H9.Sn/c1-5-13-9(6-7-14(13)2)8-10(15)11(16-3)12(13)17-4;3*1-3-4-2;/h1,5,8H,6-7H2,2-4H3;3*1,3-4H2,2H3;/t13-;;;;/m0..../s1. The maximum absolute atomic E-state index is 12.6. The number of fused-ring (bicyclic) bond motifs is 1. The molecule has 0 aromatic carbocycles. The summed E-state index contributed by atoms with van der Waals surface area (Å²) in [4.78, 5) is 15.0. The van der Waals surface area contributed by atoms with Gasteiger partial charge in [0.25, 0.3) is 0 Å². The van der Waals surface area contributed by atoms with Crippen LogP contribution < -0.4 is 0 Å². The molecule has 0 N–H and O–H groups in total. The number of methoxy groups -OCH3 is 2. The van der Waals surface area contributed by atoms with E-state index in [0.717, 1.165) is 18.5 Å². The van der Waals surface area contributed by atoms with Gasteiger partial charge in [0.15, 0.2) is 0 Å². The van der Waals surface area contributed by atoms with Crippen molar-refractivity contribution in [2.24, 2.45) is 0 Å². The summed E-state index contributed by atoms with van der Waals surface area (Å²) in [7, 11) is 5.40. The SMILES string of the molecule is CCC[CH2][Sn](/[CH]=C/[C@]12C(=CC(=O)C(OC)=C1OC)CCN2C)([CH2]CCC)[CH2]CCC. The van der Waals surface area contributed by atoms with Crippen LogP contribution in [0.15, 0.2) is 33.3 Å². The van der Waals surface area contributed by atoms with Crippen molar-refractivity contribution in [3.63, 3.8) is 0 Å². The van der Waals surface area contributed by atoms with Gasteiger partial charge in [0.2, 0.25) is 0 Å². The van der Waals surface area contributed by atoms with Crippen molar-refractivity contribution in [3.05, 3.63) is 33.3 Å². The Morgan fingerprint density at radius 2 is 1.60 bits per heavy atom. The predicted octanol–water partition coefficient (Wildman–Crippen LogP) is 6.02. The Morgan fingerprint density at radius 1 is 1.03 bits per heavy atom. The molecule has 1 saturated heterocycles. The fourth-order valence-electron chi connectivity index (χ4n) is 5.17. The average molecular weight is 524 g/mol. The first kappa shape index (κ1) is 25.5. The first-order valence-corrected chi connectivity index (χ1v) is 19.6. The summed E-state index contributed by atoms with van der Waals surface area (Å²) < 4.78 is 18.4. The average Bonchev–Trinajstić information content (AvgIpc) is 3.07. The van der Waals surface area contributed by atoms with Gasteiger partial charge in [-0.2, -0.15) is 0 Å². The number of rotatable bonds is 13. The summed E-state index contributed by atoms with van der Waals surface area (Å²) in [5.74, 6) is 0.961. The van der Waals surface area contributed by atoms with E-state index in [9.17, 15) is 4.79 Å². The Kier molecular flexibility index (Phi) is 9.99. The molecule has 2 rings (SSSR count). The van der Waals surface area contributed by atoms with Crippen LogP contribution in [0.3, 0.4) is 0 Å². The minimum atomic E-state index is -2.48. The van der Waals surface area contributed by atoms with Crippen LogP contribution in [0.2, 0.25) is 13.3 Å². The van der Waals surface area contributed by atoms with Crippen molar-refractivity contribution >= 4 is 24.2 Å². The number of hydrogen-bond donors (Lipinski definition) is 0. The van der Waals surface area contributed by atoms with Crippen LogP contribution in [0, 0.1) is 0 Å². The zero-order valence-corrected chi connectivity index (χ0v) is 23.0. The number of hydrogen-bond acceptors (Lipinski definition) is 4. The van der Waals surface area contributed by atoms with E-state index in [0.29, 0.717) is 11.5 Å². The Labute approximate surface area is 188 Å². The van der Waals surface area contributed by atoms with Crippen LogP contribution in [-0.2, 0) is 14.3 Å². The van der Waals surface area contributed by atoms with Crippen LogP contribution >= 0.6 is 0 Å². The molecule has 0 radical (unpaired) electrons. The third-order valence-electron chi connectivity index (χ3n) is 7.06. The molecule has 1 heterocycles. The Hall–Kier alpha value is -0.751. The second-order valence-electron chi connectivity index (χ2n) is 9.04. The molecule has 1 aliphatic carbocycles. The van der Waals surface area contributed by atoms with E-state index < -0.39 is 23.9 Å². The normalized spacial score (nSPS) is 22.6. The third-order valence-corrected chi connectivity index (χ3v) is 21.1. The summed E-state index contributed by atoms with van der Waals surface area (Å²) in [6.07, 6.45) is 13.0. The second kappa shape index (κ2) is 11.8. The van der Waals surface area contributed by atoms with Gasteiger partial charge in [0.1, 0.15) is 0 Å². The van der Waals surface area contributed by atoms with Gasteiger partial charge in [0, 0.05) is 0 Å². The van der Waals surface area contributed by atoms with E-state index in [1.807, 2.05) is 0 Å². The summed E-state index contributed by atoms with van der Waals surface area (Å²) in [6.45, 7) is 7.86. The van der Waals surface area contributed by atoms with Crippen molar-refractivity contribution in [1.29, 1.82) is 0 Å². The molecule has 0 aromatic heterocycles. The Bertz CT molecular complexity index is 660. The number of nitrogens with zero attached hydrogens (tertiary/aromatic N) is 1. The van der Waals surface area contributed by atoms with Crippen molar-refractivity contribution in [3.8, 4) is 0 Å². The van der Waals surface area contributed by atoms with E-state index in [2.05, 4.69) is 42.9 Å². The summed E-state index contributed by atoms with van der Waals surface area (Å²) >= 11 is -2.48. The molecule has 0 amide bonds. The molecule has 0 unspecified atom stereocenters. The number of ether oxygens (including phenoxy) is 2. The number of carbonyl (C=O) groups excluding carboxylic acids is 1. The molecule has 5 heteroatoms. The number of likely N-dealkylation sites (N-methyl/N-ethyl adjacent to an activating group) is 1. The molecule has 30 heavy (non-hydrogen) atoms. The molecule has 4 nitrogen and oxygen atoms in total. The number of likely N-dealkylation sites (tertiary alicyclic amines) is 1. The van der Waals surface area contributed by atoms with Gasteiger partial charge in [-0.25, -0.2) is 0 Å². The molecular weight excluding hydrogens is 481 g/mol. The Balaban J connectivity index is 2.55. The number of carbonyl (C=O) groups is 1. The van der Waals surface area contributed by atoms with Gasteiger partial charge in [-0.1, -0.05) is 0 Å². The molecule has 170 valence electrons. The number of unbranched alkanes of at least 4 members (excludes halogenated alkanes) is 3. The van der Waals surface area contributed by atoms with Crippen LogP contribution in [0.25, 0.3) is 0 Å². The van der Waals surface area contributed by atoms with E-state index in [-0.39, 0.29) is 5.78 Å². The zero-order valence-electron chi connectivity index (χ0n) is 20.2. The number of ketones is 1. The van der Waals surface area contributed by atoms with Gasteiger partial charge in [-0.05, 0) is 0 Å². The predicted molar refractivity (Wildman–Crippen MR) is 128 cm³/mol. The van der Waals surface area contributed by atoms with Crippen molar-refractivity contribution in [1.82, 2.24) is 4.90 Å². The minimum absolute atomic E-state index is 0.0681. The summed E-state index contributed by atoms with van der Waals surface area (Å²) in [5, 5.41) is 0. The number of allylic oxidation sites excluding steroid dienone is 1. The maximum atomic E-state index is 12.6. The Morgan fingerprint density at radius 3 is 2.07 bits per heavy atom. The molecule has 1 aliphatic heterocycles. The van der Waals surface area contributed by atoms with Crippen LogP contribution in [0.5, 0.6) is 0 Å². The first-order valence-electron chi connectivity index (χ1n) is 11.9. The zero-order chi connectivity index (χ0) is 22.2. The van der Waals surface area contributed by atoms with Gasteiger partial charge < -0.3 is 0 Å². The first-order chi connectivity index (χ1) is 14.4. The van der Waals surface area contributed by atoms with E-state index in [4.69, 9.17) is 9.47 Å². The fraction of sp³-hybridized carbons (Fsp3) is 0.720. The van der Waals surface area contributed by atoms with Crippen LogP contribution in [0.4, 0.5) is 0 Å². The van der Waals surface area contributed by atoms with E-state index in [1.54, 1.807) is 20.3 Å². The van der Waals surface area contributed by atoms with Gasteiger partial charge in [-0.3, -0.25) is 0 Å². The van der Waals surface area contributed by atoms with Crippen molar-refractivity contribution in [2.75, 3.05) is 27.8 Å². The van der Waals surface area contributed by atoms with Gasteiger partial charge >= 0.3 is 189 Å². The summed E-state index contributed by atoms with van der Waals surface area (Å²) in [6, 6.07) is 0. The topological polar surface area (TPSA) is 38.8 Å². The summed E-state index contributed by atoms with van der Waals surface area (Å²) in [5.41, 5.74) is 0.700. The second-order valence-corrected chi connectivity index (χ2v) is 22.1. The van der Waals surface area contributed by atoms with Gasteiger partial charge in [-0.15, -0.1) is 0 Å². The quantitative estimate of drug-likeness (QED) is 0.277.